The van der Waals surface area contributed by atoms with Crippen molar-refractivity contribution in [2.75, 3.05) is 36.9 Å². The first-order valence-corrected chi connectivity index (χ1v) is 6.63. The van der Waals surface area contributed by atoms with E-state index in [-0.39, 0.29) is 0 Å². The predicted octanol–water partition coefficient (Wildman–Crippen LogP) is 2.28. The molecule has 0 aromatic heterocycles. The Morgan fingerprint density at radius 1 is 1.44 bits per heavy atom. The van der Waals surface area contributed by atoms with E-state index in [9.17, 15) is 0 Å². The summed E-state index contributed by atoms with van der Waals surface area (Å²) in [6, 6.07) is 5.99. The van der Waals surface area contributed by atoms with Crippen LogP contribution in [0.15, 0.2) is 18.2 Å². The third-order valence-corrected chi connectivity index (χ3v) is 3.26. The molecule has 1 heterocycles. The summed E-state index contributed by atoms with van der Waals surface area (Å²) < 4.78 is 11.2. The molecule has 0 aliphatic carbocycles. The summed E-state index contributed by atoms with van der Waals surface area (Å²) in [6.07, 6.45) is 1.37. The maximum absolute atomic E-state index is 5.89. The van der Waals surface area contributed by atoms with Crippen molar-refractivity contribution in [2.24, 2.45) is 0 Å². The van der Waals surface area contributed by atoms with Crippen molar-refractivity contribution in [2.45, 2.75) is 26.4 Å². The lowest BCUT2D eigenvalue weighted by Crippen LogP contribution is -2.42. The first-order valence-electron chi connectivity index (χ1n) is 6.63. The van der Waals surface area contributed by atoms with Gasteiger partial charge in [-0.25, -0.2) is 0 Å². The Morgan fingerprint density at radius 2 is 2.28 bits per heavy atom. The van der Waals surface area contributed by atoms with Crippen molar-refractivity contribution in [3.63, 3.8) is 0 Å². The maximum Gasteiger partial charge on any atom is 0.144 e. The monoisotopic (exact) mass is 250 g/mol. The molecule has 0 bridgehead atoms. The van der Waals surface area contributed by atoms with Crippen molar-refractivity contribution in [1.82, 2.24) is 0 Å². The van der Waals surface area contributed by atoms with Crippen LogP contribution in [-0.4, -0.2) is 32.4 Å². The molecule has 1 saturated heterocycles. The number of nitrogens with two attached hydrogens (primary N) is 1. The molecular formula is C14H22N2O2. The van der Waals surface area contributed by atoms with Gasteiger partial charge in [-0.3, -0.25) is 0 Å². The zero-order valence-corrected chi connectivity index (χ0v) is 11.2. The van der Waals surface area contributed by atoms with Crippen molar-refractivity contribution >= 4 is 11.4 Å². The second-order valence-electron chi connectivity index (χ2n) is 4.50. The molecule has 1 aliphatic rings. The molecule has 4 heteroatoms. The third-order valence-electron chi connectivity index (χ3n) is 3.26. The molecule has 1 aromatic rings. The Kier molecular flexibility index (Phi) is 4.31. The number of hydrogen-bond acceptors (Lipinski definition) is 4. The minimum absolute atomic E-state index is 0.326. The van der Waals surface area contributed by atoms with Gasteiger partial charge in [-0.2, -0.15) is 0 Å². The second kappa shape index (κ2) is 5.96. The fourth-order valence-electron chi connectivity index (χ4n) is 2.20. The Hall–Kier alpha value is -1.42. The molecule has 2 rings (SSSR count). The Morgan fingerprint density at radius 3 is 3.00 bits per heavy atom. The van der Waals surface area contributed by atoms with Crippen LogP contribution in [0.3, 0.4) is 0 Å². The Labute approximate surface area is 109 Å². The average molecular weight is 250 g/mol. The summed E-state index contributed by atoms with van der Waals surface area (Å²) >= 11 is 0. The van der Waals surface area contributed by atoms with Crippen molar-refractivity contribution in [3.8, 4) is 5.75 Å². The lowest BCUT2D eigenvalue weighted by Gasteiger charge is -2.34. The normalized spacial score (nSPS) is 19.9. The summed E-state index contributed by atoms with van der Waals surface area (Å²) in [5.41, 5.74) is 7.75. The van der Waals surface area contributed by atoms with Gasteiger partial charge in [-0.15, -0.1) is 0 Å². The van der Waals surface area contributed by atoms with Crippen molar-refractivity contribution in [1.29, 1.82) is 0 Å². The van der Waals surface area contributed by atoms with E-state index in [2.05, 4.69) is 17.9 Å². The predicted molar refractivity (Wildman–Crippen MR) is 74.3 cm³/mol. The van der Waals surface area contributed by atoms with E-state index in [1.807, 2.05) is 19.1 Å². The highest BCUT2D eigenvalue weighted by molar-refractivity contribution is 5.62. The van der Waals surface area contributed by atoms with Crippen LogP contribution in [0, 0.1) is 0 Å². The lowest BCUT2D eigenvalue weighted by atomic mass is 10.2. The summed E-state index contributed by atoms with van der Waals surface area (Å²) in [5.74, 6) is 0.773. The van der Waals surface area contributed by atoms with Crippen molar-refractivity contribution in [3.05, 3.63) is 18.2 Å². The van der Waals surface area contributed by atoms with E-state index in [4.69, 9.17) is 15.2 Å². The molecule has 0 saturated carbocycles. The molecule has 1 unspecified atom stereocenters. The molecular weight excluding hydrogens is 228 g/mol. The van der Waals surface area contributed by atoms with Crippen LogP contribution >= 0.6 is 0 Å². The van der Waals surface area contributed by atoms with Gasteiger partial charge < -0.3 is 20.1 Å². The van der Waals surface area contributed by atoms with Crippen LogP contribution in [0.4, 0.5) is 11.4 Å². The molecule has 1 aromatic carbocycles. The van der Waals surface area contributed by atoms with Gasteiger partial charge in [0.25, 0.3) is 0 Å². The van der Waals surface area contributed by atoms with Gasteiger partial charge in [-0.05, 0) is 25.5 Å². The largest absolute Gasteiger partial charge is 0.492 e. The molecule has 4 nitrogen and oxygen atoms in total. The topological polar surface area (TPSA) is 47.7 Å². The SMILES string of the molecule is CCOc1cc(N2CCOC(CC)C2)ccc1N. The van der Waals surface area contributed by atoms with Crippen molar-refractivity contribution < 1.29 is 9.47 Å². The Balaban J connectivity index is 2.14. The van der Waals surface area contributed by atoms with E-state index in [1.165, 1.54) is 0 Å². The Bertz CT molecular complexity index is 395. The van der Waals surface area contributed by atoms with E-state index < -0.39 is 0 Å². The van der Waals surface area contributed by atoms with Crippen LogP contribution in [0.25, 0.3) is 0 Å². The number of nitrogens with zero attached hydrogens (tertiary/aromatic N) is 1. The molecule has 1 aliphatic heterocycles. The zero-order valence-electron chi connectivity index (χ0n) is 11.2. The molecule has 18 heavy (non-hydrogen) atoms. The number of nitrogen functional groups attached to an aromatic ring is 1. The van der Waals surface area contributed by atoms with Gasteiger partial charge in [0.1, 0.15) is 5.75 Å². The minimum Gasteiger partial charge on any atom is -0.492 e. The quantitative estimate of drug-likeness (QED) is 0.833. The average Bonchev–Trinajstić information content (AvgIpc) is 2.41. The molecule has 0 amide bonds. The van der Waals surface area contributed by atoms with Crippen LogP contribution in [0.1, 0.15) is 20.3 Å². The summed E-state index contributed by atoms with van der Waals surface area (Å²) in [7, 11) is 0. The smallest absolute Gasteiger partial charge is 0.144 e. The van der Waals surface area contributed by atoms with Crippen LogP contribution in [0.5, 0.6) is 5.75 Å². The molecule has 0 radical (unpaired) electrons. The van der Waals surface area contributed by atoms with Crippen LogP contribution in [0.2, 0.25) is 0 Å². The lowest BCUT2D eigenvalue weighted by molar-refractivity contribution is 0.0384. The second-order valence-corrected chi connectivity index (χ2v) is 4.50. The van der Waals surface area contributed by atoms with Gasteiger partial charge in [0.2, 0.25) is 0 Å². The van der Waals surface area contributed by atoms with E-state index in [0.717, 1.165) is 37.6 Å². The summed E-state index contributed by atoms with van der Waals surface area (Å²) in [6.45, 7) is 7.40. The van der Waals surface area contributed by atoms with Gasteiger partial charge in [0, 0.05) is 24.8 Å². The van der Waals surface area contributed by atoms with E-state index in [1.54, 1.807) is 0 Å². The summed E-state index contributed by atoms with van der Waals surface area (Å²) in [4.78, 5) is 2.33. The first kappa shape index (κ1) is 13.0. The minimum atomic E-state index is 0.326. The number of morpholine rings is 1. The standard InChI is InChI=1S/C14H22N2O2/c1-3-12-10-16(7-8-18-12)11-5-6-13(15)14(9-11)17-4-2/h5-6,9,12H,3-4,7-8,10,15H2,1-2H3. The molecule has 2 N–H and O–H groups in total. The molecule has 0 spiro atoms. The van der Waals surface area contributed by atoms with Crippen LogP contribution < -0.4 is 15.4 Å². The highest BCUT2D eigenvalue weighted by Crippen LogP contribution is 2.29. The maximum atomic E-state index is 5.89. The number of ether oxygens (including phenoxy) is 2. The number of anilines is 2. The molecule has 100 valence electrons. The highest BCUT2D eigenvalue weighted by atomic mass is 16.5. The fraction of sp³-hybridized carbons (Fsp3) is 0.571. The molecule has 1 fully saturated rings. The third kappa shape index (κ3) is 2.88. The van der Waals surface area contributed by atoms with Gasteiger partial charge in [-0.1, -0.05) is 6.92 Å². The highest BCUT2D eigenvalue weighted by Gasteiger charge is 2.19. The van der Waals surface area contributed by atoms with Gasteiger partial charge in [0.05, 0.1) is 25.0 Å². The molecule has 1 atom stereocenters. The first-order chi connectivity index (χ1) is 8.74. The van der Waals surface area contributed by atoms with E-state index in [0.29, 0.717) is 18.4 Å². The van der Waals surface area contributed by atoms with E-state index >= 15 is 0 Å². The van der Waals surface area contributed by atoms with Gasteiger partial charge >= 0.3 is 0 Å². The van der Waals surface area contributed by atoms with Crippen LogP contribution in [-0.2, 0) is 4.74 Å². The number of benzene rings is 1. The zero-order chi connectivity index (χ0) is 13.0. The fourth-order valence-corrected chi connectivity index (χ4v) is 2.20. The number of rotatable bonds is 4. The number of hydrogen-bond donors (Lipinski definition) is 1. The summed E-state index contributed by atoms with van der Waals surface area (Å²) in [5, 5.41) is 0. The van der Waals surface area contributed by atoms with Gasteiger partial charge in [0.15, 0.2) is 0 Å².